The summed E-state index contributed by atoms with van der Waals surface area (Å²) in [5.41, 5.74) is 4.61. The monoisotopic (exact) mass is 561 g/mol. The van der Waals surface area contributed by atoms with Gasteiger partial charge in [-0.25, -0.2) is 4.98 Å². The largest absolute Gasteiger partial charge is 0.353 e. The Morgan fingerprint density at radius 2 is 1.82 bits per heavy atom. The molecule has 40 heavy (non-hydrogen) atoms. The molecule has 7 nitrogen and oxygen atoms in total. The highest BCUT2D eigenvalue weighted by Crippen LogP contribution is 2.38. The van der Waals surface area contributed by atoms with Crippen LogP contribution in [0.1, 0.15) is 61.1 Å². The molecule has 0 spiro atoms. The van der Waals surface area contributed by atoms with Gasteiger partial charge in [0, 0.05) is 43.9 Å². The minimum atomic E-state index is -0.0407. The van der Waals surface area contributed by atoms with E-state index in [9.17, 15) is 9.59 Å². The van der Waals surface area contributed by atoms with E-state index >= 15 is 0 Å². The van der Waals surface area contributed by atoms with Crippen LogP contribution in [0.3, 0.4) is 0 Å². The van der Waals surface area contributed by atoms with E-state index in [0.29, 0.717) is 18.8 Å². The van der Waals surface area contributed by atoms with Crippen LogP contribution < -0.4 is 10.6 Å². The standard InChI is InChI=1S/C32H39N5O2.ClH/c1-2-17-34-29(38)21-26-15-9-10-16-28(26)37-23-35-30(31(37)25-13-7-4-8-14-25)32(39)36-19-18-33-22-27(36)20-24-11-5-3-6-12-24;/h3-8,11-14,21,23,27-28,33H,2,9-10,15-20,22H2,1H3,(H,34,38);1H/t27-,28+;/m1./s1. The smallest absolute Gasteiger partial charge is 0.275 e. The van der Waals surface area contributed by atoms with Gasteiger partial charge in [-0.3, -0.25) is 9.59 Å². The third kappa shape index (κ3) is 6.83. The van der Waals surface area contributed by atoms with Gasteiger partial charge in [0.05, 0.1) is 18.1 Å². The zero-order valence-electron chi connectivity index (χ0n) is 23.2. The fourth-order valence-electron chi connectivity index (χ4n) is 5.84. The molecule has 8 heteroatoms. The zero-order valence-corrected chi connectivity index (χ0v) is 24.0. The average molecular weight is 562 g/mol. The first-order valence-corrected chi connectivity index (χ1v) is 14.3. The van der Waals surface area contributed by atoms with E-state index in [1.807, 2.05) is 59.8 Å². The van der Waals surface area contributed by atoms with Gasteiger partial charge in [0.15, 0.2) is 5.69 Å². The number of hydrogen-bond donors (Lipinski definition) is 2. The highest BCUT2D eigenvalue weighted by atomic mass is 35.5. The van der Waals surface area contributed by atoms with Crippen molar-refractivity contribution < 1.29 is 9.59 Å². The molecule has 5 rings (SSSR count). The number of nitrogens with zero attached hydrogens (tertiary/aromatic N) is 3. The summed E-state index contributed by atoms with van der Waals surface area (Å²) >= 11 is 0. The molecule has 2 fully saturated rings. The number of halogens is 1. The number of piperazine rings is 1. The number of aromatic nitrogens is 2. The van der Waals surface area contributed by atoms with Crippen molar-refractivity contribution in [2.75, 3.05) is 26.2 Å². The molecule has 2 N–H and O–H groups in total. The Hall–Kier alpha value is -3.42. The fraction of sp³-hybridized carbons (Fsp3) is 0.406. The molecule has 1 saturated carbocycles. The summed E-state index contributed by atoms with van der Waals surface area (Å²) in [7, 11) is 0. The molecule has 3 aromatic rings. The number of allylic oxidation sites excluding steroid dienone is 1. The molecule has 2 aliphatic rings. The minimum Gasteiger partial charge on any atom is -0.353 e. The topological polar surface area (TPSA) is 79.3 Å². The molecule has 2 atom stereocenters. The molecule has 0 radical (unpaired) electrons. The summed E-state index contributed by atoms with van der Waals surface area (Å²) in [6.45, 7) is 4.88. The van der Waals surface area contributed by atoms with Gasteiger partial charge >= 0.3 is 0 Å². The number of carbonyl (C=O) groups excluding carboxylic acids is 2. The van der Waals surface area contributed by atoms with Gasteiger partial charge in [-0.2, -0.15) is 0 Å². The molecule has 1 saturated heterocycles. The Morgan fingerprint density at radius 1 is 1.07 bits per heavy atom. The predicted molar refractivity (Wildman–Crippen MR) is 162 cm³/mol. The first-order valence-electron chi connectivity index (χ1n) is 14.3. The molecule has 1 aromatic heterocycles. The van der Waals surface area contributed by atoms with E-state index in [4.69, 9.17) is 4.98 Å². The Bertz CT molecular complexity index is 1290. The SMILES string of the molecule is CCCNC(=O)C=C1CCCC[C@@H]1n1cnc(C(=O)N2CCNC[C@H]2Cc2ccccc2)c1-c1ccccc1.Cl. The molecule has 2 aromatic carbocycles. The summed E-state index contributed by atoms with van der Waals surface area (Å²) in [5.74, 6) is -0.0712. The van der Waals surface area contributed by atoms with Gasteiger partial charge < -0.3 is 20.1 Å². The van der Waals surface area contributed by atoms with Crippen molar-refractivity contribution in [1.82, 2.24) is 25.1 Å². The van der Waals surface area contributed by atoms with E-state index in [0.717, 1.165) is 68.4 Å². The second-order valence-electron chi connectivity index (χ2n) is 10.5. The van der Waals surface area contributed by atoms with Crippen LogP contribution >= 0.6 is 12.4 Å². The van der Waals surface area contributed by atoms with Crippen LogP contribution in [0.4, 0.5) is 0 Å². The number of imidazole rings is 1. The van der Waals surface area contributed by atoms with Gasteiger partial charge in [0.2, 0.25) is 5.91 Å². The van der Waals surface area contributed by atoms with Crippen molar-refractivity contribution in [2.45, 2.75) is 57.5 Å². The Balaban J connectivity index is 0.00000370. The second kappa shape index (κ2) is 14.3. The number of hydrogen-bond acceptors (Lipinski definition) is 4. The highest BCUT2D eigenvalue weighted by Gasteiger charge is 2.33. The van der Waals surface area contributed by atoms with E-state index < -0.39 is 0 Å². The molecule has 1 aliphatic heterocycles. The maximum absolute atomic E-state index is 14.2. The van der Waals surface area contributed by atoms with Gasteiger partial charge in [-0.1, -0.05) is 74.0 Å². The van der Waals surface area contributed by atoms with Gasteiger partial charge in [0.1, 0.15) is 0 Å². The molecule has 2 heterocycles. The van der Waals surface area contributed by atoms with Crippen LogP contribution in [0.15, 0.2) is 78.6 Å². The van der Waals surface area contributed by atoms with E-state index in [-0.39, 0.29) is 36.3 Å². The van der Waals surface area contributed by atoms with Crippen molar-refractivity contribution in [1.29, 1.82) is 0 Å². The maximum Gasteiger partial charge on any atom is 0.275 e. The molecule has 2 amide bonds. The van der Waals surface area contributed by atoms with Gasteiger partial charge in [0.25, 0.3) is 5.91 Å². The van der Waals surface area contributed by atoms with E-state index in [1.54, 1.807) is 6.08 Å². The van der Waals surface area contributed by atoms with Crippen LogP contribution in [0.25, 0.3) is 11.3 Å². The predicted octanol–water partition coefficient (Wildman–Crippen LogP) is 5.20. The second-order valence-corrected chi connectivity index (χ2v) is 10.5. The normalized spacial score (nSPS) is 20.1. The van der Waals surface area contributed by atoms with Crippen molar-refractivity contribution in [3.63, 3.8) is 0 Å². The molecule has 1 aliphatic carbocycles. The highest BCUT2D eigenvalue weighted by molar-refractivity contribution is 5.98. The quantitative estimate of drug-likeness (QED) is 0.371. The van der Waals surface area contributed by atoms with Crippen LogP contribution in [-0.4, -0.2) is 58.5 Å². The number of amides is 2. The Morgan fingerprint density at radius 3 is 2.58 bits per heavy atom. The van der Waals surface area contributed by atoms with E-state index in [1.165, 1.54) is 5.56 Å². The summed E-state index contributed by atoms with van der Waals surface area (Å²) in [6.07, 6.45) is 9.22. The van der Waals surface area contributed by atoms with Crippen LogP contribution in [0.2, 0.25) is 0 Å². The summed E-state index contributed by atoms with van der Waals surface area (Å²) in [5, 5.41) is 6.45. The first-order chi connectivity index (χ1) is 19.2. The van der Waals surface area contributed by atoms with Crippen molar-refractivity contribution >= 4 is 24.2 Å². The van der Waals surface area contributed by atoms with Gasteiger partial charge in [-0.05, 0) is 43.2 Å². The average Bonchev–Trinajstić information content (AvgIpc) is 3.42. The number of benzene rings is 2. The lowest BCUT2D eigenvalue weighted by Gasteiger charge is -2.36. The van der Waals surface area contributed by atoms with Crippen molar-refractivity contribution in [2.24, 2.45) is 0 Å². The number of nitrogens with one attached hydrogen (secondary N) is 2. The summed E-state index contributed by atoms with van der Waals surface area (Å²) in [6, 6.07) is 20.5. The molecule has 0 bridgehead atoms. The zero-order chi connectivity index (χ0) is 27.0. The number of rotatable bonds is 8. The van der Waals surface area contributed by atoms with Crippen LogP contribution in [0.5, 0.6) is 0 Å². The Kier molecular flexibility index (Phi) is 10.6. The van der Waals surface area contributed by atoms with Crippen molar-refractivity contribution in [3.05, 3.63) is 89.9 Å². The number of carbonyl (C=O) groups is 2. The lowest BCUT2D eigenvalue weighted by Crippen LogP contribution is -2.54. The molecule has 0 unspecified atom stereocenters. The summed E-state index contributed by atoms with van der Waals surface area (Å²) in [4.78, 5) is 33.6. The van der Waals surface area contributed by atoms with Gasteiger partial charge in [-0.15, -0.1) is 12.4 Å². The lowest BCUT2D eigenvalue weighted by atomic mass is 9.88. The fourth-order valence-corrected chi connectivity index (χ4v) is 5.84. The third-order valence-corrected chi connectivity index (χ3v) is 7.79. The van der Waals surface area contributed by atoms with Crippen LogP contribution in [-0.2, 0) is 11.2 Å². The Labute approximate surface area is 243 Å². The molecule has 212 valence electrons. The minimum absolute atomic E-state index is 0. The summed E-state index contributed by atoms with van der Waals surface area (Å²) < 4.78 is 2.15. The molecular weight excluding hydrogens is 522 g/mol. The lowest BCUT2D eigenvalue weighted by molar-refractivity contribution is -0.116. The third-order valence-electron chi connectivity index (χ3n) is 7.79. The van der Waals surface area contributed by atoms with Crippen LogP contribution in [0, 0.1) is 0 Å². The molecular formula is C32H40ClN5O2. The first kappa shape index (κ1) is 29.6. The maximum atomic E-state index is 14.2. The van der Waals surface area contributed by atoms with Crippen molar-refractivity contribution in [3.8, 4) is 11.3 Å². The van der Waals surface area contributed by atoms with E-state index in [2.05, 4.69) is 34.3 Å².